The Balaban J connectivity index is 2.08. The van der Waals surface area contributed by atoms with Crippen LogP contribution in [0.15, 0.2) is 54.6 Å². The summed E-state index contributed by atoms with van der Waals surface area (Å²) in [7, 11) is 0. The maximum atomic E-state index is 6.28. The van der Waals surface area contributed by atoms with Crippen LogP contribution in [0.2, 0.25) is 5.02 Å². The average molecular weight is 283 g/mol. The van der Waals surface area contributed by atoms with Crippen LogP contribution in [0.25, 0.3) is 22.2 Å². The molecule has 0 aliphatic carbocycles. The van der Waals surface area contributed by atoms with Gasteiger partial charge in [-0.1, -0.05) is 48.0 Å². The maximum absolute atomic E-state index is 6.28. The van der Waals surface area contributed by atoms with E-state index in [0.29, 0.717) is 5.02 Å². The molecule has 0 radical (unpaired) electrons. The number of para-hydroxylation sites is 1. The van der Waals surface area contributed by atoms with Crippen molar-refractivity contribution in [2.24, 2.45) is 5.73 Å². The van der Waals surface area contributed by atoms with E-state index in [-0.39, 0.29) is 6.04 Å². The van der Waals surface area contributed by atoms with Crippen molar-refractivity contribution >= 4 is 22.5 Å². The SMILES string of the molecule is CC(N)c1ccc(-c2ccc3ccccc3n2)cc1Cl. The molecule has 0 fully saturated rings. The Morgan fingerprint density at radius 2 is 1.85 bits per heavy atom. The molecular weight excluding hydrogens is 268 g/mol. The summed E-state index contributed by atoms with van der Waals surface area (Å²) >= 11 is 6.28. The highest BCUT2D eigenvalue weighted by Crippen LogP contribution is 2.28. The number of halogens is 1. The molecule has 2 aromatic carbocycles. The topological polar surface area (TPSA) is 38.9 Å². The zero-order valence-electron chi connectivity index (χ0n) is 11.2. The van der Waals surface area contributed by atoms with Crippen LogP contribution in [0.4, 0.5) is 0 Å². The fourth-order valence-corrected chi connectivity index (χ4v) is 2.64. The van der Waals surface area contributed by atoms with E-state index in [0.717, 1.165) is 27.7 Å². The van der Waals surface area contributed by atoms with Crippen molar-refractivity contribution in [3.63, 3.8) is 0 Å². The number of benzene rings is 2. The smallest absolute Gasteiger partial charge is 0.0710 e. The third kappa shape index (κ3) is 2.40. The Hall–Kier alpha value is -1.90. The van der Waals surface area contributed by atoms with Gasteiger partial charge in [0.1, 0.15) is 0 Å². The monoisotopic (exact) mass is 282 g/mol. The number of nitrogens with zero attached hydrogens (tertiary/aromatic N) is 1. The summed E-state index contributed by atoms with van der Waals surface area (Å²) < 4.78 is 0. The van der Waals surface area contributed by atoms with Gasteiger partial charge < -0.3 is 5.73 Å². The van der Waals surface area contributed by atoms with Crippen molar-refractivity contribution in [3.05, 3.63) is 65.2 Å². The standard InChI is InChI=1S/C17H15ClN2/c1-11(19)14-8-6-13(10-15(14)18)17-9-7-12-4-2-3-5-16(12)20-17/h2-11H,19H2,1H3. The predicted molar refractivity (Wildman–Crippen MR) is 84.8 cm³/mol. The molecule has 2 N–H and O–H groups in total. The second-order valence-corrected chi connectivity index (χ2v) is 5.32. The van der Waals surface area contributed by atoms with Crippen molar-refractivity contribution in [1.29, 1.82) is 0 Å². The van der Waals surface area contributed by atoms with Gasteiger partial charge >= 0.3 is 0 Å². The molecule has 2 nitrogen and oxygen atoms in total. The molecule has 1 atom stereocenters. The Morgan fingerprint density at radius 3 is 2.60 bits per heavy atom. The Kier molecular flexibility index (Phi) is 3.43. The summed E-state index contributed by atoms with van der Waals surface area (Å²) in [6, 6.07) is 18.0. The van der Waals surface area contributed by atoms with Gasteiger partial charge in [0.05, 0.1) is 11.2 Å². The van der Waals surface area contributed by atoms with Crippen LogP contribution in [0.3, 0.4) is 0 Å². The molecule has 0 amide bonds. The van der Waals surface area contributed by atoms with Gasteiger partial charge in [0.25, 0.3) is 0 Å². The molecule has 0 aliphatic rings. The fourth-order valence-electron chi connectivity index (χ4n) is 2.28. The first-order chi connectivity index (χ1) is 9.65. The molecule has 1 unspecified atom stereocenters. The highest BCUT2D eigenvalue weighted by atomic mass is 35.5. The molecule has 0 spiro atoms. The number of nitrogens with two attached hydrogens (primary N) is 1. The first kappa shape index (κ1) is 13.1. The van der Waals surface area contributed by atoms with Gasteiger partial charge in [0.15, 0.2) is 0 Å². The summed E-state index contributed by atoms with van der Waals surface area (Å²) in [5, 5.41) is 1.82. The number of hydrogen-bond donors (Lipinski definition) is 1. The number of fused-ring (bicyclic) bond motifs is 1. The van der Waals surface area contributed by atoms with Gasteiger partial charge in [0, 0.05) is 22.0 Å². The maximum Gasteiger partial charge on any atom is 0.0710 e. The second kappa shape index (κ2) is 5.23. The molecule has 20 heavy (non-hydrogen) atoms. The lowest BCUT2D eigenvalue weighted by atomic mass is 10.0. The Labute approximate surface area is 123 Å². The van der Waals surface area contributed by atoms with E-state index in [4.69, 9.17) is 17.3 Å². The van der Waals surface area contributed by atoms with Gasteiger partial charge in [0.2, 0.25) is 0 Å². The molecule has 1 aromatic heterocycles. The predicted octanol–water partition coefficient (Wildman–Crippen LogP) is 4.57. The molecule has 3 aromatic rings. The first-order valence-electron chi connectivity index (χ1n) is 6.56. The highest BCUT2D eigenvalue weighted by Gasteiger charge is 2.08. The first-order valence-corrected chi connectivity index (χ1v) is 6.94. The Morgan fingerprint density at radius 1 is 1.05 bits per heavy atom. The minimum atomic E-state index is -0.0684. The third-order valence-electron chi connectivity index (χ3n) is 3.39. The summed E-state index contributed by atoms with van der Waals surface area (Å²) in [5.74, 6) is 0. The quantitative estimate of drug-likeness (QED) is 0.747. The molecule has 0 bridgehead atoms. The highest BCUT2D eigenvalue weighted by molar-refractivity contribution is 6.31. The third-order valence-corrected chi connectivity index (χ3v) is 3.71. The molecule has 100 valence electrons. The van der Waals surface area contributed by atoms with Crippen LogP contribution < -0.4 is 5.73 Å². The van der Waals surface area contributed by atoms with Crippen molar-refractivity contribution in [3.8, 4) is 11.3 Å². The van der Waals surface area contributed by atoms with E-state index in [9.17, 15) is 0 Å². The van der Waals surface area contributed by atoms with Crippen LogP contribution in [0.5, 0.6) is 0 Å². The molecule has 0 aliphatic heterocycles. The van der Waals surface area contributed by atoms with Crippen molar-refractivity contribution in [2.45, 2.75) is 13.0 Å². The number of rotatable bonds is 2. The second-order valence-electron chi connectivity index (χ2n) is 4.91. The van der Waals surface area contributed by atoms with Crippen LogP contribution in [0.1, 0.15) is 18.5 Å². The van der Waals surface area contributed by atoms with E-state index < -0.39 is 0 Å². The zero-order valence-corrected chi connectivity index (χ0v) is 11.9. The number of aromatic nitrogens is 1. The summed E-state index contributed by atoms with van der Waals surface area (Å²) in [4.78, 5) is 4.67. The van der Waals surface area contributed by atoms with E-state index in [1.54, 1.807) is 0 Å². The molecule has 1 heterocycles. The number of pyridine rings is 1. The fraction of sp³-hybridized carbons (Fsp3) is 0.118. The summed E-state index contributed by atoms with van der Waals surface area (Å²) in [6.07, 6.45) is 0. The lowest BCUT2D eigenvalue weighted by Crippen LogP contribution is -2.05. The minimum Gasteiger partial charge on any atom is -0.324 e. The molecule has 0 saturated heterocycles. The molecule has 3 heteroatoms. The Bertz CT molecular complexity index is 766. The van der Waals surface area contributed by atoms with E-state index in [1.807, 2.05) is 49.4 Å². The van der Waals surface area contributed by atoms with Crippen LogP contribution in [-0.2, 0) is 0 Å². The van der Waals surface area contributed by atoms with Gasteiger partial charge in [-0.05, 0) is 30.7 Å². The van der Waals surface area contributed by atoms with Crippen molar-refractivity contribution in [1.82, 2.24) is 4.98 Å². The van der Waals surface area contributed by atoms with E-state index >= 15 is 0 Å². The molecular formula is C17H15ClN2. The lowest BCUT2D eigenvalue weighted by molar-refractivity contribution is 0.819. The minimum absolute atomic E-state index is 0.0684. The van der Waals surface area contributed by atoms with Crippen LogP contribution >= 0.6 is 11.6 Å². The molecule has 0 saturated carbocycles. The summed E-state index contributed by atoms with van der Waals surface area (Å²) in [6.45, 7) is 1.93. The van der Waals surface area contributed by atoms with Gasteiger partial charge in [-0.25, -0.2) is 4.98 Å². The largest absolute Gasteiger partial charge is 0.324 e. The summed E-state index contributed by atoms with van der Waals surface area (Å²) in [5.41, 5.74) is 9.74. The van der Waals surface area contributed by atoms with Crippen LogP contribution in [0, 0.1) is 0 Å². The van der Waals surface area contributed by atoms with E-state index in [2.05, 4.69) is 17.1 Å². The van der Waals surface area contributed by atoms with Gasteiger partial charge in [-0.15, -0.1) is 0 Å². The van der Waals surface area contributed by atoms with Crippen LogP contribution in [-0.4, -0.2) is 4.98 Å². The lowest BCUT2D eigenvalue weighted by Gasteiger charge is -2.10. The van der Waals surface area contributed by atoms with Crippen molar-refractivity contribution < 1.29 is 0 Å². The van der Waals surface area contributed by atoms with E-state index in [1.165, 1.54) is 0 Å². The average Bonchev–Trinajstić information content (AvgIpc) is 2.46. The van der Waals surface area contributed by atoms with Gasteiger partial charge in [-0.3, -0.25) is 0 Å². The van der Waals surface area contributed by atoms with Crippen molar-refractivity contribution in [2.75, 3.05) is 0 Å². The molecule has 3 rings (SSSR count). The van der Waals surface area contributed by atoms with Gasteiger partial charge in [-0.2, -0.15) is 0 Å². The zero-order chi connectivity index (χ0) is 14.1. The number of hydrogen-bond acceptors (Lipinski definition) is 2. The normalized spacial score (nSPS) is 12.6.